The van der Waals surface area contributed by atoms with Crippen LogP contribution in [-0.2, 0) is 22.6 Å². The highest BCUT2D eigenvalue weighted by Crippen LogP contribution is 2.11. The Kier molecular flexibility index (Phi) is 6.32. The first kappa shape index (κ1) is 16.7. The lowest BCUT2D eigenvalue weighted by atomic mass is 9.98. The molecule has 2 aromatic rings. The van der Waals surface area contributed by atoms with Gasteiger partial charge in [-0.05, 0) is 24.0 Å². The van der Waals surface area contributed by atoms with E-state index in [1.54, 1.807) is 5.48 Å². The lowest BCUT2D eigenvalue weighted by Gasteiger charge is -2.15. The Labute approximate surface area is 135 Å². The first-order valence-corrected chi connectivity index (χ1v) is 7.50. The molecular formula is C18H20N2O3. The van der Waals surface area contributed by atoms with E-state index >= 15 is 0 Å². The lowest BCUT2D eigenvalue weighted by molar-refractivity contribution is -0.141. The Morgan fingerprint density at radius 1 is 0.870 bits per heavy atom. The van der Waals surface area contributed by atoms with Crippen molar-refractivity contribution >= 4 is 11.8 Å². The molecule has 3 N–H and O–H groups in total. The monoisotopic (exact) mass is 312 g/mol. The summed E-state index contributed by atoms with van der Waals surface area (Å²) >= 11 is 0. The number of carbonyl (C=O) groups excluding carboxylic acids is 2. The summed E-state index contributed by atoms with van der Waals surface area (Å²) in [4.78, 5) is 24.0. The molecular weight excluding hydrogens is 292 g/mol. The molecule has 23 heavy (non-hydrogen) atoms. The smallest absolute Gasteiger partial charge is 0.255 e. The minimum atomic E-state index is -0.927. The molecule has 2 rings (SSSR count). The zero-order valence-corrected chi connectivity index (χ0v) is 12.7. The van der Waals surface area contributed by atoms with E-state index in [4.69, 9.17) is 5.21 Å². The van der Waals surface area contributed by atoms with Gasteiger partial charge in [-0.3, -0.25) is 14.8 Å². The van der Waals surface area contributed by atoms with Crippen LogP contribution in [0, 0.1) is 5.92 Å². The summed E-state index contributed by atoms with van der Waals surface area (Å²) in [5.74, 6) is -2.01. The quantitative estimate of drug-likeness (QED) is 0.416. The number of rotatable bonds is 7. The van der Waals surface area contributed by atoms with Gasteiger partial charge >= 0.3 is 0 Å². The van der Waals surface area contributed by atoms with Crippen LogP contribution in [0.25, 0.3) is 0 Å². The van der Waals surface area contributed by atoms with E-state index in [1.165, 1.54) is 0 Å². The average Bonchev–Trinajstić information content (AvgIpc) is 2.61. The van der Waals surface area contributed by atoms with E-state index in [0.29, 0.717) is 19.4 Å². The van der Waals surface area contributed by atoms with E-state index in [2.05, 4.69) is 5.32 Å². The molecule has 1 atom stereocenters. The van der Waals surface area contributed by atoms with Gasteiger partial charge in [0.2, 0.25) is 5.91 Å². The molecule has 0 aliphatic rings. The first-order chi connectivity index (χ1) is 11.2. The first-order valence-electron chi connectivity index (χ1n) is 7.50. The number of nitrogens with one attached hydrogen (secondary N) is 2. The van der Waals surface area contributed by atoms with Gasteiger partial charge in [0.25, 0.3) is 5.91 Å². The molecule has 0 unspecified atom stereocenters. The maximum Gasteiger partial charge on any atom is 0.255 e. The molecule has 0 bridgehead atoms. The topological polar surface area (TPSA) is 78.4 Å². The van der Waals surface area contributed by atoms with Crippen molar-refractivity contribution in [2.45, 2.75) is 19.4 Å². The Bertz CT molecular complexity index is 629. The number of benzene rings is 2. The van der Waals surface area contributed by atoms with Gasteiger partial charge < -0.3 is 5.32 Å². The van der Waals surface area contributed by atoms with Crippen LogP contribution < -0.4 is 10.8 Å². The number of amides is 2. The fraction of sp³-hybridized carbons (Fsp3) is 0.222. The third kappa shape index (κ3) is 5.23. The molecule has 5 heteroatoms. The number of aryl methyl sites for hydroxylation is 1. The molecule has 0 fully saturated rings. The van der Waals surface area contributed by atoms with Crippen molar-refractivity contribution in [1.82, 2.24) is 10.8 Å². The highest BCUT2D eigenvalue weighted by Gasteiger charge is 2.25. The fourth-order valence-electron chi connectivity index (χ4n) is 2.32. The van der Waals surface area contributed by atoms with Crippen molar-refractivity contribution in [3.8, 4) is 0 Å². The molecule has 0 spiro atoms. The second-order valence-corrected chi connectivity index (χ2v) is 5.26. The SMILES string of the molecule is O=C(NO)[C@H](CCc1ccccc1)C(=O)NCc1ccccc1. The van der Waals surface area contributed by atoms with Gasteiger partial charge in [0.15, 0.2) is 0 Å². The normalized spacial score (nSPS) is 11.5. The van der Waals surface area contributed by atoms with Crippen LogP contribution >= 0.6 is 0 Å². The lowest BCUT2D eigenvalue weighted by Crippen LogP contribution is -2.40. The van der Waals surface area contributed by atoms with Gasteiger partial charge in [0.05, 0.1) is 0 Å². The largest absolute Gasteiger partial charge is 0.351 e. The van der Waals surface area contributed by atoms with Crippen LogP contribution in [0.4, 0.5) is 0 Å². The minimum absolute atomic E-state index is 0.330. The van der Waals surface area contributed by atoms with Crippen molar-refractivity contribution in [1.29, 1.82) is 0 Å². The van der Waals surface area contributed by atoms with Crippen molar-refractivity contribution < 1.29 is 14.8 Å². The molecule has 0 aliphatic carbocycles. The Morgan fingerprint density at radius 3 is 2.00 bits per heavy atom. The number of hydroxylamine groups is 1. The highest BCUT2D eigenvalue weighted by atomic mass is 16.5. The van der Waals surface area contributed by atoms with Gasteiger partial charge in [-0.15, -0.1) is 0 Å². The van der Waals surface area contributed by atoms with Crippen LogP contribution in [0.2, 0.25) is 0 Å². The molecule has 120 valence electrons. The standard InChI is InChI=1S/C18H20N2O3/c21-17(19-13-15-9-5-2-6-10-15)16(18(22)20-23)12-11-14-7-3-1-4-8-14/h1-10,16,23H,11-13H2,(H,19,21)(H,20,22)/t16-/m1/s1. The number of hydrogen-bond acceptors (Lipinski definition) is 3. The summed E-state index contributed by atoms with van der Waals surface area (Å²) < 4.78 is 0. The molecule has 2 amide bonds. The Hall–Kier alpha value is -2.66. The summed E-state index contributed by atoms with van der Waals surface area (Å²) in [5, 5.41) is 11.6. The van der Waals surface area contributed by atoms with Crippen LogP contribution in [0.15, 0.2) is 60.7 Å². The summed E-state index contributed by atoms with van der Waals surface area (Å²) in [7, 11) is 0. The molecule has 0 saturated carbocycles. The zero-order chi connectivity index (χ0) is 16.5. The second kappa shape index (κ2) is 8.70. The molecule has 2 aromatic carbocycles. The molecule has 5 nitrogen and oxygen atoms in total. The van der Waals surface area contributed by atoms with Crippen LogP contribution in [0.5, 0.6) is 0 Å². The summed E-state index contributed by atoms with van der Waals surface area (Å²) in [5.41, 5.74) is 3.57. The predicted octanol–water partition coefficient (Wildman–Crippen LogP) is 2.06. The molecule has 0 radical (unpaired) electrons. The molecule has 0 aliphatic heterocycles. The van der Waals surface area contributed by atoms with Gasteiger partial charge in [-0.25, -0.2) is 5.48 Å². The number of carbonyl (C=O) groups is 2. The van der Waals surface area contributed by atoms with E-state index in [1.807, 2.05) is 60.7 Å². The van der Waals surface area contributed by atoms with Gasteiger partial charge in [-0.2, -0.15) is 0 Å². The summed E-state index contributed by atoms with van der Waals surface area (Å²) in [6.45, 7) is 0.347. The maximum atomic E-state index is 12.3. The van der Waals surface area contributed by atoms with E-state index < -0.39 is 17.7 Å². The van der Waals surface area contributed by atoms with Crippen molar-refractivity contribution in [3.63, 3.8) is 0 Å². The van der Waals surface area contributed by atoms with E-state index in [0.717, 1.165) is 11.1 Å². The van der Waals surface area contributed by atoms with E-state index in [9.17, 15) is 9.59 Å². The Morgan fingerprint density at radius 2 is 1.43 bits per heavy atom. The predicted molar refractivity (Wildman–Crippen MR) is 86.5 cm³/mol. The third-order valence-electron chi connectivity index (χ3n) is 3.62. The summed E-state index contributed by atoms with van der Waals surface area (Å²) in [6, 6.07) is 19.1. The van der Waals surface area contributed by atoms with Crippen LogP contribution in [0.3, 0.4) is 0 Å². The summed E-state index contributed by atoms with van der Waals surface area (Å²) in [6.07, 6.45) is 0.911. The van der Waals surface area contributed by atoms with Gasteiger partial charge in [0, 0.05) is 6.54 Å². The van der Waals surface area contributed by atoms with Crippen LogP contribution in [-0.4, -0.2) is 17.0 Å². The second-order valence-electron chi connectivity index (χ2n) is 5.26. The molecule has 0 saturated heterocycles. The maximum absolute atomic E-state index is 12.3. The molecule has 0 heterocycles. The third-order valence-corrected chi connectivity index (χ3v) is 3.62. The number of hydrogen-bond donors (Lipinski definition) is 3. The van der Waals surface area contributed by atoms with Gasteiger partial charge in [-0.1, -0.05) is 60.7 Å². The van der Waals surface area contributed by atoms with Crippen LogP contribution in [0.1, 0.15) is 17.5 Å². The fourth-order valence-corrected chi connectivity index (χ4v) is 2.32. The van der Waals surface area contributed by atoms with Gasteiger partial charge in [0.1, 0.15) is 5.92 Å². The zero-order valence-electron chi connectivity index (χ0n) is 12.7. The van der Waals surface area contributed by atoms with Crippen molar-refractivity contribution in [2.24, 2.45) is 5.92 Å². The average molecular weight is 312 g/mol. The van der Waals surface area contributed by atoms with Crippen molar-refractivity contribution in [2.75, 3.05) is 0 Å². The van der Waals surface area contributed by atoms with E-state index in [-0.39, 0.29) is 0 Å². The molecule has 0 aromatic heterocycles. The highest BCUT2D eigenvalue weighted by molar-refractivity contribution is 5.99. The minimum Gasteiger partial charge on any atom is -0.351 e. The Balaban J connectivity index is 1.94. The van der Waals surface area contributed by atoms with Crippen molar-refractivity contribution in [3.05, 3.63) is 71.8 Å².